The monoisotopic (exact) mass is 581 g/mol. The molecule has 4 atom stereocenters. The minimum absolute atomic E-state index is 0.0692. The molecule has 2 rings (SSSR count). The Labute approximate surface area is 225 Å². The van der Waals surface area contributed by atoms with Crippen LogP contribution in [0, 0.1) is 10.8 Å². The number of nitrogens with two attached hydrogens (primary N) is 1. The molecule has 16 heteroatoms. The van der Waals surface area contributed by atoms with Crippen LogP contribution in [0.25, 0.3) is 0 Å². The quantitative estimate of drug-likeness (QED) is 0.220. The lowest BCUT2D eigenvalue weighted by molar-refractivity contribution is -0.165. The number of phosphoric ester groups is 1. The summed E-state index contributed by atoms with van der Waals surface area (Å²) in [6, 6.07) is 1.25. The Bertz CT molecular complexity index is 1100. The Hall–Kier alpha value is -2.42. The zero-order valence-corrected chi connectivity index (χ0v) is 23.9. The van der Waals surface area contributed by atoms with Gasteiger partial charge in [0.25, 0.3) is 0 Å². The lowest BCUT2D eigenvalue weighted by atomic mass is 9.94. The van der Waals surface area contributed by atoms with Gasteiger partial charge in [0, 0.05) is 6.20 Å². The molecule has 0 unspecified atom stereocenters. The fourth-order valence-corrected chi connectivity index (χ4v) is 4.15. The number of alkyl halides is 1. The van der Waals surface area contributed by atoms with Gasteiger partial charge in [0.05, 0.1) is 17.4 Å². The number of nitrogens with zero attached hydrogens (tertiary/aromatic N) is 2. The van der Waals surface area contributed by atoms with Gasteiger partial charge in [-0.3, -0.25) is 18.7 Å². The summed E-state index contributed by atoms with van der Waals surface area (Å²) >= 11 is 0. The van der Waals surface area contributed by atoms with E-state index >= 15 is 4.39 Å². The molecule has 222 valence electrons. The Morgan fingerprint density at radius 3 is 2.08 bits per heavy atom. The fourth-order valence-electron chi connectivity index (χ4n) is 3.19. The van der Waals surface area contributed by atoms with Crippen molar-refractivity contribution >= 4 is 25.6 Å². The van der Waals surface area contributed by atoms with Crippen LogP contribution in [0.2, 0.25) is 0 Å². The zero-order valence-electron chi connectivity index (χ0n) is 23.0. The molecule has 1 aromatic rings. The highest BCUT2D eigenvalue weighted by atomic mass is 31.2. The summed E-state index contributed by atoms with van der Waals surface area (Å²) in [5, 5.41) is 10.7. The van der Waals surface area contributed by atoms with Crippen molar-refractivity contribution in [3.8, 4) is 0 Å². The molecule has 0 spiro atoms. The molecular weight excluding hydrogens is 544 g/mol. The predicted octanol–water partition coefficient (Wildman–Crippen LogP) is 2.45. The van der Waals surface area contributed by atoms with Gasteiger partial charge < -0.3 is 25.1 Å². The highest BCUT2D eigenvalue weighted by Crippen LogP contribution is 2.52. The van der Waals surface area contributed by atoms with Gasteiger partial charge in [-0.2, -0.15) is 4.98 Å². The molecule has 1 fully saturated rings. The van der Waals surface area contributed by atoms with E-state index in [4.69, 9.17) is 33.5 Å². The summed E-state index contributed by atoms with van der Waals surface area (Å²) in [7, 11) is -4.66. The van der Waals surface area contributed by atoms with E-state index in [-0.39, 0.29) is 12.2 Å². The Kier molecular flexibility index (Phi) is 10.4. The van der Waals surface area contributed by atoms with E-state index in [1.54, 1.807) is 41.5 Å². The molecule has 2 heterocycles. The molecule has 0 radical (unpaired) electrons. The summed E-state index contributed by atoms with van der Waals surface area (Å²) in [4.78, 5) is 39.9. The molecule has 14 nitrogen and oxygen atoms in total. The first-order chi connectivity index (χ1) is 17.8. The molecule has 0 aromatic carbocycles. The molecule has 0 bridgehead atoms. The van der Waals surface area contributed by atoms with Crippen LogP contribution in [-0.4, -0.2) is 64.7 Å². The lowest BCUT2D eigenvalue weighted by Crippen LogP contribution is -2.45. The number of halogens is 1. The van der Waals surface area contributed by atoms with Crippen molar-refractivity contribution in [3.63, 3.8) is 0 Å². The van der Waals surface area contributed by atoms with Crippen molar-refractivity contribution in [2.24, 2.45) is 10.8 Å². The summed E-state index contributed by atoms with van der Waals surface area (Å²) in [5.74, 6) is -1.46. The second kappa shape index (κ2) is 12.4. The van der Waals surface area contributed by atoms with Crippen LogP contribution in [0.15, 0.2) is 17.1 Å². The number of aliphatic hydroxyl groups is 1. The molecule has 0 saturated carbocycles. The molecule has 1 saturated heterocycles. The van der Waals surface area contributed by atoms with E-state index < -0.39 is 80.6 Å². The maximum absolute atomic E-state index is 15.2. The summed E-state index contributed by atoms with van der Waals surface area (Å²) in [6.07, 6.45) is -4.47. The van der Waals surface area contributed by atoms with Crippen molar-refractivity contribution in [2.45, 2.75) is 79.0 Å². The van der Waals surface area contributed by atoms with Crippen LogP contribution < -0.4 is 11.4 Å². The van der Waals surface area contributed by atoms with E-state index in [1.165, 1.54) is 13.0 Å². The van der Waals surface area contributed by atoms with Crippen molar-refractivity contribution < 1.29 is 51.4 Å². The van der Waals surface area contributed by atoms with Crippen molar-refractivity contribution in [2.75, 3.05) is 25.9 Å². The van der Waals surface area contributed by atoms with Crippen LogP contribution in [-0.2, 0) is 41.9 Å². The average molecular weight is 582 g/mol. The third-order valence-electron chi connectivity index (χ3n) is 5.69. The van der Waals surface area contributed by atoms with Gasteiger partial charge in [-0.1, -0.05) is 6.92 Å². The first kappa shape index (κ1) is 32.8. The van der Waals surface area contributed by atoms with Gasteiger partial charge >= 0.3 is 25.5 Å². The Morgan fingerprint density at radius 1 is 1.13 bits per heavy atom. The molecule has 0 amide bonds. The molecule has 1 aliphatic heterocycles. The number of hydrogen-bond donors (Lipinski definition) is 2. The van der Waals surface area contributed by atoms with Gasteiger partial charge in [-0.15, -0.1) is 0 Å². The summed E-state index contributed by atoms with van der Waals surface area (Å²) in [5.41, 5.74) is 0.946. The van der Waals surface area contributed by atoms with Gasteiger partial charge in [0.15, 0.2) is 12.4 Å². The highest BCUT2D eigenvalue weighted by Gasteiger charge is 2.56. The maximum atomic E-state index is 15.2. The van der Waals surface area contributed by atoms with Gasteiger partial charge in [0.1, 0.15) is 17.5 Å². The SMILES string of the molecule is CC[C@]1(COP(=O)(OCOC(=O)C(C)(C)C)OCOC(=O)C(C)(C)C)O[C@@H](n2ccc(N)nc2=O)[C@H](F)[C@@H]1O. The number of aromatic nitrogens is 2. The number of aliphatic hydroxyl groups excluding tert-OH is 1. The first-order valence-corrected chi connectivity index (χ1v) is 13.5. The van der Waals surface area contributed by atoms with Crippen LogP contribution in [0.5, 0.6) is 0 Å². The summed E-state index contributed by atoms with van der Waals surface area (Å²) in [6.45, 7) is 8.59. The third kappa shape index (κ3) is 8.29. The summed E-state index contributed by atoms with van der Waals surface area (Å²) < 4.78 is 60.5. The Balaban J connectivity index is 2.21. The fraction of sp³-hybridized carbons (Fsp3) is 0.739. The van der Waals surface area contributed by atoms with E-state index in [2.05, 4.69) is 4.98 Å². The maximum Gasteiger partial charge on any atom is 0.480 e. The highest BCUT2D eigenvalue weighted by molar-refractivity contribution is 7.48. The number of rotatable bonds is 11. The number of carbonyl (C=O) groups is 2. The number of esters is 2. The van der Waals surface area contributed by atoms with E-state index in [9.17, 15) is 24.1 Å². The molecule has 3 N–H and O–H groups in total. The van der Waals surface area contributed by atoms with Crippen LogP contribution in [0.4, 0.5) is 10.2 Å². The van der Waals surface area contributed by atoms with Crippen LogP contribution in [0.1, 0.15) is 61.1 Å². The molecule has 1 aliphatic rings. The van der Waals surface area contributed by atoms with E-state index in [0.717, 1.165) is 10.8 Å². The lowest BCUT2D eigenvalue weighted by Gasteiger charge is -2.31. The first-order valence-electron chi connectivity index (χ1n) is 12.1. The number of ether oxygens (including phenoxy) is 3. The molecule has 1 aromatic heterocycles. The van der Waals surface area contributed by atoms with Gasteiger partial charge in [-0.05, 0) is 54.0 Å². The molecule has 0 aliphatic carbocycles. The normalized spacial score (nSPS) is 24.0. The standard InChI is InChI=1S/C23H37FN3O11P/c1-8-23(16(28)15(24)17(38-23)27-10-9-14(25)26-20(27)31)11-35-39(32,36-12-33-18(29)21(2,3)4)37-13-34-19(30)22(5,6)7/h9-10,15-17,28H,8,11-13H2,1-7H3,(H2,25,26,31)/t15-,16+,17-,23-/m1/s1. The zero-order chi connectivity index (χ0) is 29.8. The number of hydrogen-bond acceptors (Lipinski definition) is 13. The molecular formula is C23H37FN3O11P. The number of phosphoric acid groups is 1. The van der Waals surface area contributed by atoms with Crippen molar-refractivity contribution in [1.29, 1.82) is 0 Å². The van der Waals surface area contributed by atoms with Crippen molar-refractivity contribution in [1.82, 2.24) is 9.55 Å². The van der Waals surface area contributed by atoms with Crippen LogP contribution in [0.3, 0.4) is 0 Å². The van der Waals surface area contributed by atoms with E-state index in [1.807, 2.05) is 0 Å². The second-order valence-corrected chi connectivity index (χ2v) is 12.6. The van der Waals surface area contributed by atoms with Crippen molar-refractivity contribution in [3.05, 3.63) is 22.7 Å². The number of carbonyl (C=O) groups excluding carboxylic acids is 2. The largest absolute Gasteiger partial charge is 0.480 e. The minimum atomic E-state index is -4.66. The topological polar surface area (TPSA) is 188 Å². The minimum Gasteiger partial charge on any atom is -0.437 e. The number of nitrogen functional groups attached to an aromatic ring is 1. The second-order valence-electron chi connectivity index (χ2n) is 10.9. The molecule has 39 heavy (non-hydrogen) atoms. The van der Waals surface area contributed by atoms with Crippen LogP contribution >= 0.6 is 7.82 Å². The third-order valence-corrected chi connectivity index (χ3v) is 6.97. The van der Waals surface area contributed by atoms with Gasteiger partial charge in [0.2, 0.25) is 13.6 Å². The van der Waals surface area contributed by atoms with Gasteiger partial charge in [-0.25, -0.2) is 22.8 Å². The van der Waals surface area contributed by atoms with E-state index in [0.29, 0.717) is 0 Å². The average Bonchev–Trinajstić information content (AvgIpc) is 3.07. The predicted molar refractivity (Wildman–Crippen MR) is 134 cm³/mol. The Morgan fingerprint density at radius 2 is 1.64 bits per heavy atom. The smallest absolute Gasteiger partial charge is 0.437 e. The number of anilines is 1.